The zero-order chi connectivity index (χ0) is 27.5. The first-order chi connectivity index (χ1) is 18.7. The number of nitrogens with zero attached hydrogens (tertiary/aromatic N) is 2. The largest absolute Gasteiger partial charge is 0.435 e. The number of carbonyl (C=O) groups excluding carboxylic acids is 1. The molecular weight excluding hydrogens is 502 g/mol. The molecule has 4 aliphatic rings. The number of Topliss-reactive ketones (excluding diaryl/α,β-unsaturated/α-hetero) is 1. The molecule has 6 nitrogen and oxygen atoms in total. The van der Waals surface area contributed by atoms with Crippen molar-refractivity contribution in [1.82, 2.24) is 9.97 Å². The van der Waals surface area contributed by atoms with Crippen LogP contribution >= 0.6 is 0 Å². The second kappa shape index (κ2) is 9.89. The second-order valence-corrected chi connectivity index (χ2v) is 12.0. The van der Waals surface area contributed by atoms with Crippen molar-refractivity contribution in [1.29, 1.82) is 0 Å². The van der Waals surface area contributed by atoms with Crippen LogP contribution in [0.15, 0.2) is 53.9 Å². The molecule has 1 saturated carbocycles. The smallest absolute Gasteiger partial charge is 0.387 e. The molecule has 1 aromatic carbocycles. The zero-order valence-corrected chi connectivity index (χ0v) is 22.2. The fraction of sp³-hybridized carbons (Fsp3) is 0.516. The van der Waals surface area contributed by atoms with Gasteiger partial charge in [0.05, 0.1) is 0 Å². The first-order valence-corrected chi connectivity index (χ1v) is 13.8. The average molecular weight is 537 g/mol. The van der Waals surface area contributed by atoms with Gasteiger partial charge in [0.25, 0.3) is 0 Å². The van der Waals surface area contributed by atoms with Crippen molar-refractivity contribution < 1.29 is 28.5 Å². The van der Waals surface area contributed by atoms with Crippen molar-refractivity contribution in [2.75, 3.05) is 6.61 Å². The van der Waals surface area contributed by atoms with E-state index in [9.17, 15) is 23.8 Å². The Morgan fingerprint density at radius 3 is 2.59 bits per heavy atom. The predicted molar refractivity (Wildman–Crippen MR) is 140 cm³/mol. The number of aliphatic hydroxyl groups is 2. The molecule has 0 spiro atoms. The molecule has 2 aromatic rings. The van der Waals surface area contributed by atoms with E-state index in [4.69, 9.17) is 4.74 Å². The lowest BCUT2D eigenvalue weighted by Gasteiger charge is -2.49. The van der Waals surface area contributed by atoms with E-state index in [2.05, 4.69) is 22.1 Å². The molecular formula is C31H34F2N2O4. The number of carbonyl (C=O) groups is 1. The van der Waals surface area contributed by atoms with Gasteiger partial charge in [-0.15, -0.1) is 0 Å². The summed E-state index contributed by atoms with van der Waals surface area (Å²) in [5, 5.41) is 20.1. The molecule has 0 radical (unpaired) electrons. The maximum Gasteiger partial charge on any atom is 0.387 e. The van der Waals surface area contributed by atoms with Gasteiger partial charge >= 0.3 is 6.61 Å². The number of ether oxygens (including phenoxy) is 1. The lowest BCUT2D eigenvalue weighted by Crippen LogP contribution is -2.39. The Bertz CT molecular complexity index is 1330. The average Bonchev–Trinajstić information content (AvgIpc) is 3.01. The van der Waals surface area contributed by atoms with E-state index >= 15 is 0 Å². The number of halogens is 2. The summed E-state index contributed by atoms with van der Waals surface area (Å²) in [6.07, 6.45) is 11.6. The minimum atomic E-state index is -2.98. The van der Waals surface area contributed by atoms with E-state index < -0.39 is 12.2 Å². The summed E-state index contributed by atoms with van der Waals surface area (Å²) in [4.78, 5) is 22.6. The highest BCUT2D eigenvalue weighted by molar-refractivity contribution is 6.00. The fourth-order valence-electron chi connectivity index (χ4n) is 7.69. The Morgan fingerprint density at radius 1 is 1.13 bits per heavy atom. The van der Waals surface area contributed by atoms with Gasteiger partial charge in [-0.05, 0) is 86.8 Å². The highest BCUT2D eigenvalue weighted by Crippen LogP contribution is 2.60. The third-order valence-corrected chi connectivity index (χ3v) is 9.34. The van der Waals surface area contributed by atoms with Gasteiger partial charge in [-0.1, -0.05) is 29.9 Å². The maximum absolute atomic E-state index is 13.8. The number of benzene rings is 1. The SMILES string of the molecule is CC(C)(O)c1ncc(C2C=CC3=C(C2)C2CC(C3)C3C[C@H]2c2c(OC(F)F)cccc2C(=O)[C@@H]3CCO)cn1. The first-order valence-electron chi connectivity index (χ1n) is 13.8. The van der Waals surface area contributed by atoms with Gasteiger partial charge in [0.2, 0.25) is 0 Å². The Hall–Kier alpha value is -2.97. The van der Waals surface area contributed by atoms with Crippen LogP contribution in [0.5, 0.6) is 5.75 Å². The zero-order valence-electron chi connectivity index (χ0n) is 22.2. The molecule has 6 rings (SSSR count). The summed E-state index contributed by atoms with van der Waals surface area (Å²) < 4.78 is 32.0. The van der Waals surface area contributed by atoms with Crippen molar-refractivity contribution in [3.8, 4) is 5.75 Å². The van der Waals surface area contributed by atoms with Gasteiger partial charge < -0.3 is 14.9 Å². The number of hydrogen-bond donors (Lipinski definition) is 2. The minimum Gasteiger partial charge on any atom is -0.435 e. The summed E-state index contributed by atoms with van der Waals surface area (Å²) >= 11 is 0. The molecule has 2 N–H and O–H groups in total. The molecule has 0 amide bonds. The molecule has 1 heterocycles. The normalized spacial score (nSPS) is 29.7. The summed E-state index contributed by atoms with van der Waals surface area (Å²) in [5.74, 6) is 0.513. The van der Waals surface area contributed by atoms with Crippen molar-refractivity contribution in [2.24, 2.45) is 23.7 Å². The van der Waals surface area contributed by atoms with E-state index in [1.807, 2.05) is 0 Å². The molecule has 0 saturated heterocycles. The number of aromatic nitrogens is 2. The van der Waals surface area contributed by atoms with E-state index in [0.29, 0.717) is 29.3 Å². The van der Waals surface area contributed by atoms with Gasteiger partial charge in [-0.2, -0.15) is 8.78 Å². The number of alkyl halides is 2. The van der Waals surface area contributed by atoms with Crippen LogP contribution in [0.4, 0.5) is 8.78 Å². The van der Waals surface area contributed by atoms with Crippen LogP contribution in [0, 0.1) is 23.7 Å². The van der Waals surface area contributed by atoms with Crippen LogP contribution in [-0.2, 0) is 5.60 Å². The molecule has 6 atom stereocenters. The summed E-state index contributed by atoms with van der Waals surface area (Å²) in [5.41, 5.74) is 3.51. The lowest BCUT2D eigenvalue weighted by molar-refractivity contribution is -0.0510. The molecule has 206 valence electrons. The third kappa shape index (κ3) is 4.61. The Kier molecular flexibility index (Phi) is 6.66. The summed E-state index contributed by atoms with van der Waals surface area (Å²) in [6, 6.07) is 4.91. The quantitative estimate of drug-likeness (QED) is 0.494. The first kappa shape index (κ1) is 26.3. The van der Waals surface area contributed by atoms with E-state index in [1.165, 1.54) is 11.1 Å². The van der Waals surface area contributed by atoms with Crippen molar-refractivity contribution in [2.45, 2.75) is 70.0 Å². The molecule has 4 aliphatic carbocycles. The third-order valence-electron chi connectivity index (χ3n) is 9.34. The van der Waals surface area contributed by atoms with Gasteiger partial charge in [-0.3, -0.25) is 4.79 Å². The van der Waals surface area contributed by atoms with Crippen molar-refractivity contribution in [3.05, 3.63) is 76.4 Å². The summed E-state index contributed by atoms with van der Waals surface area (Å²) in [6.45, 7) is 0.243. The standard InChI is InChI=1S/C31H34F2N2O4/c1-31(2,38)29-34-14-19(15-35-29)16-6-7-17-10-18-12-24(22(17)11-16)25-13-23(18)20(8-9-36)28(37)21-4-3-5-26(27(21)25)39-30(32)33/h3-7,14-16,18,20,23-25,30,36,38H,8-13H2,1-2H3/t16?,18?,20-,23?,24?,25-/m1/s1. The van der Waals surface area contributed by atoms with Gasteiger partial charge in [0.15, 0.2) is 11.6 Å². The van der Waals surface area contributed by atoms with Gasteiger partial charge in [0.1, 0.15) is 11.4 Å². The minimum absolute atomic E-state index is 0.0609. The van der Waals surface area contributed by atoms with Crippen molar-refractivity contribution >= 4 is 5.78 Å². The number of ketones is 1. The molecule has 8 heteroatoms. The molecule has 4 bridgehead atoms. The van der Waals surface area contributed by atoms with E-state index in [-0.39, 0.29) is 47.7 Å². The van der Waals surface area contributed by atoms with Crippen molar-refractivity contribution in [3.63, 3.8) is 0 Å². The van der Waals surface area contributed by atoms with Crippen LogP contribution in [0.2, 0.25) is 0 Å². The number of aliphatic hydroxyl groups excluding tert-OH is 1. The highest BCUT2D eigenvalue weighted by Gasteiger charge is 2.51. The number of fused-ring (bicyclic) bond motifs is 9. The van der Waals surface area contributed by atoms with Crippen LogP contribution < -0.4 is 4.74 Å². The second-order valence-electron chi connectivity index (χ2n) is 12.0. The number of allylic oxidation sites excluding steroid dienone is 4. The van der Waals surface area contributed by atoms with Crippen LogP contribution in [0.3, 0.4) is 0 Å². The van der Waals surface area contributed by atoms with Crippen LogP contribution in [0.1, 0.15) is 85.1 Å². The van der Waals surface area contributed by atoms with Crippen LogP contribution in [0.25, 0.3) is 0 Å². The monoisotopic (exact) mass is 536 g/mol. The number of rotatable bonds is 6. The lowest BCUT2D eigenvalue weighted by atomic mass is 9.55. The molecule has 0 aliphatic heterocycles. The molecule has 1 aromatic heterocycles. The molecule has 1 fully saturated rings. The summed E-state index contributed by atoms with van der Waals surface area (Å²) in [7, 11) is 0. The van der Waals surface area contributed by atoms with Gasteiger partial charge in [-0.25, -0.2) is 9.97 Å². The topological polar surface area (TPSA) is 92.5 Å². The number of hydrogen-bond acceptors (Lipinski definition) is 6. The Morgan fingerprint density at radius 2 is 1.90 bits per heavy atom. The Labute approximate surface area is 226 Å². The predicted octanol–water partition coefficient (Wildman–Crippen LogP) is 5.67. The fourth-order valence-corrected chi connectivity index (χ4v) is 7.69. The van der Waals surface area contributed by atoms with E-state index in [1.54, 1.807) is 44.4 Å². The van der Waals surface area contributed by atoms with E-state index in [0.717, 1.165) is 31.2 Å². The Balaban J connectivity index is 1.40. The van der Waals surface area contributed by atoms with Crippen LogP contribution in [-0.4, -0.2) is 39.2 Å². The van der Waals surface area contributed by atoms with Gasteiger partial charge in [0, 0.05) is 42.0 Å². The molecule has 4 unspecified atom stereocenters. The highest BCUT2D eigenvalue weighted by atomic mass is 19.3. The maximum atomic E-state index is 13.8. The molecule has 39 heavy (non-hydrogen) atoms.